The van der Waals surface area contributed by atoms with E-state index in [9.17, 15) is 0 Å². The Morgan fingerprint density at radius 3 is 2.80 bits per heavy atom. The maximum absolute atomic E-state index is 4.95. The molecule has 0 saturated carbocycles. The zero-order valence-electron chi connectivity index (χ0n) is 8.62. The molecule has 78 valence electrons. The third kappa shape index (κ3) is 2.09. The number of nitrogens with zero attached hydrogens (tertiary/aromatic N) is 2. The normalized spacial score (nSPS) is 10.6. The first-order chi connectivity index (χ1) is 7.20. The molecule has 0 spiro atoms. The summed E-state index contributed by atoms with van der Waals surface area (Å²) in [5.41, 5.74) is 2.24. The lowest BCUT2D eigenvalue weighted by Gasteiger charge is -2.02. The largest absolute Gasteiger partial charge is 0.339 e. The average molecular weight is 267 g/mol. The fraction of sp³-hybridized carbons (Fsp3) is 0.273. The van der Waals surface area contributed by atoms with Gasteiger partial charge in [0.15, 0.2) is 0 Å². The highest BCUT2D eigenvalue weighted by atomic mass is 79.9. The average Bonchev–Trinajstić information content (AvgIpc) is 2.66. The lowest BCUT2D eigenvalue weighted by atomic mass is 10.1. The smallest absolute Gasteiger partial charge is 0.223 e. The van der Waals surface area contributed by atoms with Gasteiger partial charge in [-0.3, -0.25) is 0 Å². The maximum atomic E-state index is 4.95. The summed E-state index contributed by atoms with van der Waals surface area (Å²) >= 11 is 3.50. The zero-order valence-corrected chi connectivity index (χ0v) is 10.2. The van der Waals surface area contributed by atoms with Crippen molar-refractivity contribution in [1.82, 2.24) is 10.1 Å². The molecule has 4 heteroatoms. The van der Waals surface area contributed by atoms with Crippen LogP contribution in [-0.4, -0.2) is 10.1 Å². The van der Waals surface area contributed by atoms with Crippen LogP contribution in [0, 0.1) is 6.92 Å². The van der Waals surface area contributed by atoms with Gasteiger partial charge >= 0.3 is 0 Å². The van der Waals surface area contributed by atoms with Crippen molar-refractivity contribution in [2.45, 2.75) is 20.3 Å². The van der Waals surface area contributed by atoms with E-state index in [4.69, 9.17) is 4.52 Å². The summed E-state index contributed by atoms with van der Waals surface area (Å²) in [7, 11) is 0. The van der Waals surface area contributed by atoms with Crippen molar-refractivity contribution in [3.8, 4) is 11.4 Å². The van der Waals surface area contributed by atoms with Crippen LogP contribution in [0.15, 0.2) is 27.2 Å². The first kappa shape index (κ1) is 10.4. The van der Waals surface area contributed by atoms with Gasteiger partial charge in [0.2, 0.25) is 11.7 Å². The Hall–Kier alpha value is -1.16. The zero-order chi connectivity index (χ0) is 10.8. The van der Waals surface area contributed by atoms with E-state index < -0.39 is 0 Å². The van der Waals surface area contributed by atoms with Gasteiger partial charge in [-0.25, -0.2) is 0 Å². The summed E-state index contributed by atoms with van der Waals surface area (Å²) < 4.78 is 6.07. The van der Waals surface area contributed by atoms with Gasteiger partial charge in [-0.2, -0.15) is 4.98 Å². The molecule has 0 fully saturated rings. The minimum atomic E-state index is 0.589. The van der Waals surface area contributed by atoms with Gasteiger partial charge in [0.05, 0.1) is 0 Å². The Kier molecular flexibility index (Phi) is 2.86. The van der Waals surface area contributed by atoms with E-state index in [0.29, 0.717) is 11.7 Å². The van der Waals surface area contributed by atoms with E-state index in [1.54, 1.807) is 6.92 Å². The van der Waals surface area contributed by atoms with Crippen LogP contribution in [0.1, 0.15) is 18.4 Å². The van der Waals surface area contributed by atoms with E-state index in [2.05, 4.69) is 39.1 Å². The molecule has 1 aromatic heterocycles. The Morgan fingerprint density at radius 2 is 2.20 bits per heavy atom. The van der Waals surface area contributed by atoms with Crippen LogP contribution in [-0.2, 0) is 6.42 Å². The Labute approximate surface area is 96.6 Å². The van der Waals surface area contributed by atoms with Crippen molar-refractivity contribution in [3.05, 3.63) is 34.1 Å². The Morgan fingerprint density at radius 1 is 1.40 bits per heavy atom. The van der Waals surface area contributed by atoms with Crippen LogP contribution < -0.4 is 0 Å². The van der Waals surface area contributed by atoms with E-state index >= 15 is 0 Å². The van der Waals surface area contributed by atoms with E-state index in [-0.39, 0.29) is 0 Å². The number of benzene rings is 1. The van der Waals surface area contributed by atoms with E-state index in [1.165, 1.54) is 5.56 Å². The number of rotatable bonds is 2. The quantitative estimate of drug-likeness (QED) is 0.837. The molecule has 1 aromatic carbocycles. The van der Waals surface area contributed by atoms with Crippen molar-refractivity contribution in [2.75, 3.05) is 0 Å². The Balaban J connectivity index is 2.45. The van der Waals surface area contributed by atoms with Gasteiger partial charge in [-0.05, 0) is 30.2 Å². The van der Waals surface area contributed by atoms with Gasteiger partial charge in [-0.15, -0.1) is 0 Å². The highest BCUT2D eigenvalue weighted by Gasteiger charge is 2.07. The van der Waals surface area contributed by atoms with Crippen LogP contribution in [0.5, 0.6) is 0 Å². The molecule has 0 radical (unpaired) electrons. The van der Waals surface area contributed by atoms with Gasteiger partial charge in [-0.1, -0.05) is 28.0 Å². The molecule has 1 heterocycles. The molecule has 2 rings (SSSR count). The number of hydrogen-bond donors (Lipinski definition) is 0. The van der Waals surface area contributed by atoms with E-state index in [0.717, 1.165) is 16.5 Å². The van der Waals surface area contributed by atoms with Crippen LogP contribution in [0.3, 0.4) is 0 Å². The van der Waals surface area contributed by atoms with Gasteiger partial charge in [0.25, 0.3) is 0 Å². The molecule has 0 aliphatic carbocycles. The van der Waals surface area contributed by atoms with Crippen molar-refractivity contribution >= 4 is 15.9 Å². The van der Waals surface area contributed by atoms with Crippen molar-refractivity contribution in [2.24, 2.45) is 0 Å². The van der Waals surface area contributed by atoms with Gasteiger partial charge in [0.1, 0.15) is 0 Å². The molecular formula is C11H11BrN2O. The van der Waals surface area contributed by atoms with Crippen LogP contribution >= 0.6 is 15.9 Å². The lowest BCUT2D eigenvalue weighted by Crippen LogP contribution is -1.86. The number of hydrogen-bond acceptors (Lipinski definition) is 3. The summed E-state index contributed by atoms with van der Waals surface area (Å²) in [4.78, 5) is 4.19. The number of halogens is 1. The standard InChI is InChI=1S/C11H11BrN2O/c1-3-8-6-9(4-5-10(8)12)11-13-7(2)15-14-11/h4-6H,3H2,1-2H3. The lowest BCUT2D eigenvalue weighted by molar-refractivity contribution is 0.394. The fourth-order valence-corrected chi connectivity index (χ4v) is 1.93. The molecule has 0 aliphatic rings. The van der Waals surface area contributed by atoms with Crippen molar-refractivity contribution in [3.63, 3.8) is 0 Å². The Bertz CT molecular complexity index is 479. The second kappa shape index (κ2) is 4.14. The minimum absolute atomic E-state index is 0.589. The second-order valence-corrected chi connectivity index (χ2v) is 4.15. The second-order valence-electron chi connectivity index (χ2n) is 3.30. The van der Waals surface area contributed by atoms with Crippen LogP contribution in [0.4, 0.5) is 0 Å². The summed E-state index contributed by atoms with van der Waals surface area (Å²) in [6.07, 6.45) is 0.977. The molecule has 2 aromatic rings. The minimum Gasteiger partial charge on any atom is -0.339 e. The van der Waals surface area contributed by atoms with Crippen LogP contribution in [0.25, 0.3) is 11.4 Å². The summed E-state index contributed by atoms with van der Waals surface area (Å²) in [5.74, 6) is 1.24. The number of aromatic nitrogens is 2. The highest BCUT2D eigenvalue weighted by Crippen LogP contribution is 2.24. The third-order valence-electron chi connectivity index (χ3n) is 2.21. The summed E-state index contributed by atoms with van der Waals surface area (Å²) in [5, 5.41) is 3.89. The SMILES string of the molecule is CCc1cc(-c2noc(C)n2)ccc1Br. The van der Waals surface area contributed by atoms with E-state index in [1.807, 2.05) is 12.1 Å². The van der Waals surface area contributed by atoms with Gasteiger partial charge in [0, 0.05) is 17.0 Å². The molecule has 0 saturated heterocycles. The van der Waals surface area contributed by atoms with Crippen molar-refractivity contribution in [1.29, 1.82) is 0 Å². The maximum Gasteiger partial charge on any atom is 0.223 e. The fourth-order valence-electron chi connectivity index (χ4n) is 1.40. The molecule has 0 unspecified atom stereocenters. The molecule has 0 atom stereocenters. The first-order valence-corrected chi connectivity index (χ1v) is 5.59. The summed E-state index contributed by atoms with van der Waals surface area (Å²) in [6.45, 7) is 3.90. The molecule has 0 amide bonds. The predicted octanol–water partition coefficient (Wildman–Crippen LogP) is 3.37. The monoisotopic (exact) mass is 266 g/mol. The molecule has 15 heavy (non-hydrogen) atoms. The third-order valence-corrected chi connectivity index (χ3v) is 2.99. The summed E-state index contributed by atoms with van der Waals surface area (Å²) in [6, 6.07) is 6.07. The molecular weight excluding hydrogens is 256 g/mol. The van der Waals surface area contributed by atoms with Crippen LogP contribution in [0.2, 0.25) is 0 Å². The molecule has 3 nitrogen and oxygen atoms in total. The molecule has 0 bridgehead atoms. The molecule has 0 aliphatic heterocycles. The van der Waals surface area contributed by atoms with Crippen molar-refractivity contribution < 1.29 is 4.52 Å². The van der Waals surface area contributed by atoms with Gasteiger partial charge < -0.3 is 4.52 Å². The number of aryl methyl sites for hydroxylation is 2. The highest BCUT2D eigenvalue weighted by molar-refractivity contribution is 9.10. The topological polar surface area (TPSA) is 38.9 Å². The molecule has 0 N–H and O–H groups in total. The predicted molar refractivity (Wildman–Crippen MR) is 61.5 cm³/mol. The first-order valence-electron chi connectivity index (χ1n) is 4.80.